The summed E-state index contributed by atoms with van der Waals surface area (Å²) < 4.78 is 13.9. The van der Waals surface area contributed by atoms with Gasteiger partial charge >= 0.3 is 0 Å². The van der Waals surface area contributed by atoms with Crippen LogP contribution in [0.1, 0.15) is 33.4 Å². The first-order chi connectivity index (χ1) is 24.2. The number of hydrogen-bond acceptors (Lipinski definition) is 1. The van der Waals surface area contributed by atoms with E-state index in [1.165, 1.54) is 89.2 Å². The first-order valence-corrected chi connectivity index (χ1v) is 17.4. The molecule has 0 bridgehead atoms. The van der Waals surface area contributed by atoms with Crippen molar-refractivity contribution in [3.05, 3.63) is 167 Å². The number of aromatic nitrogens is 1. The van der Waals surface area contributed by atoms with Crippen LogP contribution < -0.4 is 16.4 Å². The van der Waals surface area contributed by atoms with Crippen molar-refractivity contribution >= 4 is 55.5 Å². The highest BCUT2D eigenvalue weighted by atomic mass is 19.1. The van der Waals surface area contributed by atoms with Gasteiger partial charge in [-0.25, -0.2) is 9.37 Å². The Balaban J connectivity index is 1.31. The number of halogens is 1. The molecule has 1 heterocycles. The van der Waals surface area contributed by atoms with E-state index in [1.54, 1.807) is 0 Å². The fraction of sp³-hybridized carbons (Fsp3) is 0.128. The summed E-state index contributed by atoms with van der Waals surface area (Å²) in [6.45, 7) is 13.5. The van der Waals surface area contributed by atoms with Gasteiger partial charge in [-0.2, -0.15) is 0 Å². The number of rotatable bonds is 5. The highest BCUT2D eigenvalue weighted by Gasteiger charge is 2.28. The SMILES string of the molecule is Cc1cc(C)c(B(c2ccc(-c3cccc4c3ccc3c(-c5ccc(F)cc5)nc5ccccc5c34)cc2)c2c(C)cc(C)cc2C)c(C)c1. The Hall–Kier alpha value is -5.54. The molecule has 0 aliphatic carbocycles. The summed E-state index contributed by atoms with van der Waals surface area (Å²) in [6.07, 6.45) is 0. The molecule has 0 amide bonds. The molecule has 8 rings (SSSR count). The Morgan fingerprint density at radius 1 is 0.480 bits per heavy atom. The first-order valence-electron chi connectivity index (χ1n) is 17.4. The molecule has 0 saturated carbocycles. The molecule has 0 saturated heterocycles. The lowest BCUT2D eigenvalue weighted by atomic mass is 9.34. The number of aryl methyl sites for hydroxylation is 6. The van der Waals surface area contributed by atoms with Gasteiger partial charge in [0.05, 0.1) is 11.2 Å². The van der Waals surface area contributed by atoms with Gasteiger partial charge in [-0.05, 0) is 93.8 Å². The Labute approximate surface area is 294 Å². The van der Waals surface area contributed by atoms with Crippen LogP contribution in [0.5, 0.6) is 0 Å². The molecule has 0 aliphatic rings. The van der Waals surface area contributed by atoms with E-state index in [0.29, 0.717) is 0 Å². The molecule has 0 spiro atoms. The van der Waals surface area contributed by atoms with E-state index in [4.69, 9.17) is 4.98 Å². The van der Waals surface area contributed by atoms with Crippen LogP contribution in [0, 0.1) is 47.4 Å². The second-order valence-electron chi connectivity index (χ2n) is 14.1. The third kappa shape index (κ3) is 5.38. The molecule has 50 heavy (non-hydrogen) atoms. The summed E-state index contributed by atoms with van der Waals surface area (Å²) in [5.74, 6) is -0.250. The maximum absolute atomic E-state index is 13.9. The van der Waals surface area contributed by atoms with Gasteiger partial charge in [-0.1, -0.05) is 147 Å². The predicted molar refractivity (Wildman–Crippen MR) is 214 cm³/mol. The normalized spacial score (nSPS) is 11.5. The van der Waals surface area contributed by atoms with E-state index in [9.17, 15) is 4.39 Å². The Bertz CT molecular complexity index is 2500. The van der Waals surface area contributed by atoms with E-state index in [-0.39, 0.29) is 12.5 Å². The highest BCUT2D eigenvalue weighted by Crippen LogP contribution is 2.39. The van der Waals surface area contributed by atoms with Crippen molar-refractivity contribution in [1.29, 1.82) is 0 Å². The van der Waals surface area contributed by atoms with Crippen LogP contribution in [0.4, 0.5) is 4.39 Å². The Morgan fingerprint density at radius 3 is 1.64 bits per heavy atom. The van der Waals surface area contributed by atoms with Crippen molar-refractivity contribution in [2.75, 3.05) is 0 Å². The largest absolute Gasteiger partial charge is 0.247 e. The highest BCUT2D eigenvalue weighted by molar-refractivity contribution is 6.96. The molecule has 1 aromatic heterocycles. The third-order valence-corrected chi connectivity index (χ3v) is 10.4. The minimum Gasteiger partial charge on any atom is -0.247 e. The van der Waals surface area contributed by atoms with E-state index in [1.807, 2.05) is 18.2 Å². The molecule has 0 unspecified atom stereocenters. The number of fused-ring (bicyclic) bond motifs is 5. The van der Waals surface area contributed by atoms with Crippen molar-refractivity contribution in [2.45, 2.75) is 41.5 Å². The third-order valence-electron chi connectivity index (χ3n) is 10.4. The topological polar surface area (TPSA) is 12.9 Å². The molecular formula is C47H39BFN. The molecule has 3 heteroatoms. The number of benzene rings is 7. The quantitative estimate of drug-likeness (QED) is 0.134. The number of para-hydroxylation sites is 1. The molecule has 0 N–H and O–H groups in total. The molecule has 242 valence electrons. The monoisotopic (exact) mass is 647 g/mol. The fourth-order valence-electron chi connectivity index (χ4n) is 8.51. The molecule has 0 radical (unpaired) electrons. The molecule has 0 atom stereocenters. The zero-order valence-corrected chi connectivity index (χ0v) is 29.5. The number of nitrogens with zero attached hydrogens (tertiary/aromatic N) is 1. The lowest BCUT2D eigenvalue weighted by Crippen LogP contribution is -2.55. The standard InChI is InChI=1S/C47H39BFN/c1-28-24-30(3)45(31(4)25-28)48(46-32(5)26-29(2)27-33(46)6)36-18-14-34(15-19-36)38-11-9-12-40-39(38)22-23-42-44(40)41-10-7-8-13-43(41)50-47(42)35-16-20-37(49)21-17-35/h7-27H,1-6H3. The lowest BCUT2D eigenvalue weighted by molar-refractivity contribution is 0.628. The van der Waals surface area contributed by atoms with Crippen molar-refractivity contribution in [2.24, 2.45) is 0 Å². The first kappa shape index (κ1) is 31.7. The molecule has 1 nitrogen and oxygen atoms in total. The molecule has 0 aliphatic heterocycles. The molecule has 0 fully saturated rings. The van der Waals surface area contributed by atoms with Gasteiger partial charge in [0.2, 0.25) is 6.71 Å². The summed E-state index contributed by atoms with van der Waals surface area (Å²) in [5, 5.41) is 5.72. The summed E-state index contributed by atoms with van der Waals surface area (Å²) in [7, 11) is 0. The maximum atomic E-state index is 13.9. The van der Waals surface area contributed by atoms with Crippen molar-refractivity contribution in [3.63, 3.8) is 0 Å². The van der Waals surface area contributed by atoms with Crippen molar-refractivity contribution < 1.29 is 4.39 Å². The van der Waals surface area contributed by atoms with Gasteiger partial charge in [-0.15, -0.1) is 0 Å². The van der Waals surface area contributed by atoms with Gasteiger partial charge in [-0.3, -0.25) is 0 Å². The van der Waals surface area contributed by atoms with E-state index >= 15 is 0 Å². The van der Waals surface area contributed by atoms with Crippen LogP contribution in [-0.4, -0.2) is 11.7 Å². The van der Waals surface area contributed by atoms with Crippen LogP contribution in [0.15, 0.2) is 127 Å². The minimum absolute atomic E-state index is 0.130. The van der Waals surface area contributed by atoms with Gasteiger partial charge in [0, 0.05) is 21.7 Å². The summed E-state index contributed by atoms with van der Waals surface area (Å²) in [4.78, 5) is 5.08. The van der Waals surface area contributed by atoms with Gasteiger partial charge in [0.25, 0.3) is 0 Å². The Morgan fingerprint density at radius 2 is 1.02 bits per heavy atom. The fourth-order valence-corrected chi connectivity index (χ4v) is 8.51. The van der Waals surface area contributed by atoms with E-state index in [2.05, 4.69) is 139 Å². The van der Waals surface area contributed by atoms with E-state index < -0.39 is 0 Å². The van der Waals surface area contributed by atoms with Crippen molar-refractivity contribution in [1.82, 2.24) is 4.98 Å². The van der Waals surface area contributed by atoms with Crippen LogP contribution in [0.2, 0.25) is 0 Å². The lowest BCUT2D eigenvalue weighted by Gasteiger charge is -2.25. The zero-order valence-electron chi connectivity index (χ0n) is 29.5. The number of hydrogen-bond donors (Lipinski definition) is 0. The van der Waals surface area contributed by atoms with Crippen LogP contribution >= 0.6 is 0 Å². The Kier molecular flexibility index (Phi) is 7.87. The minimum atomic E-state index is -0.250. The summed E-state index contributed by atoms with van der Waals surface area (Å²) in [5.41, 5.74) is 17.1. The van der Waals surface area contributed by atoms with Gasteiger partial charge in [0.1, 0.15) is 5.82 Å². The van der Waals surface area contributed by atoms with E-state index in [0.717, 1.165) is 27.5 Å². The molecular weight excluding hydrogens is 608 g/mol. The second-order valence-corrected chi connectivity index (χ2v) is 14.1. The second kappa shape index (κ2) is 12.4. The van der Waals surface area contributed by atoms with Crippen LogP contribution in [-0.2, 0) is 0 Å². The van der Waals surface area contributed by atoms with Crippen molar-refractivity contribution in [3.8, 4) is 22.4 Å². The summed E-state index contributed by atoms with van der Waals surface area (Å²) >= 11 is 0. The predicted octanol–water partition coefficient (Wildman–Crippen LogP) is 10.4. The number of pyridine rings is 1. The maximum Gasteiger partial charge on any atom is 0.242 e. The van der Waals surface area contributed by atoms with Crippen LogP contribution in [0.25, 0.3) is 54.8 Å². The van der Waals surface area contributed by atoms with Gasteiger partial charge in [0.15, 0.2) is 0 Å². The van der Waals surface area contributed by atoms with Crippen LogP contribution in [0.3, 0.4) is 0 Å². The van der Waals surface area contributed by atoms with Gasteiger partial charge < -0.3 is 0 Å². The zero-order chi connectivity index (χ0) is 34.7. The molecule has 8 aromatic rings. The average molecular weight is 648 g/mol. The average Bonchev–Trinajstić information content (AvgIpc) is 3.10. The molecule has 7 aromatic carbocycles. The smallest absolute Gasteiger partial charge is 0.242 e. The summed E-state index contributed by atoms with van der Waals surface area (Å²) in [6, 6.07) is 44.6.